The van der Waals surface area contributed by atoms with E-state index in [1.165, 1.54) is 5.56 Å². The Kier molecular flexibility index (Phi) is 2.44. The number of aromatic nitrogens is 2. The maximum Gasteiger partial charge on any atom is 0.287 e. The van der Waals surface area contributed by atoms with Gasteiger partial charge in [0.2, 0.25) is 0 Å². The van der Waals surface area contributed by atoms with Crippen LogP contribution in [0.25, 0.3) is 0 Å². The van der Waals surface area contributed by atoms with Crippen LogP contribution in [0.2, 0.25) is 0 Å². The first-order valence-electron chi connectivity index (χ1n) is 6.06. The van der Waals surface area contributed by atoms with Gasteiger partial charge in [0, 0.05) is 23.9 Å². The quantitative estimate of drug-likeness (QED) is 0.864. The molecule has 1 heterocycles. The van der Waals surface area contributed by atoms with Crippen molar-refractivity contribution < 1.29 is 4.79 Å². The number of hydrogen-bond acceptors (Lipinski definition) is 2. The first-order chi connectivity index (χ1) is 8.69. The van der Waals surface area contributed by atoms with E-state index < -0.39 is 0 Å². The second-order valence-electron chi connectivity index (χ2n) is 4.98. The summed E-state index contributed by atoms with van der Waals surface area (Å²) < 4.78 is 0. The summed E-state index contributed by atoms with van der Waals surface area (Å²) >= 11 is 0. The van der Waals surface area contributed by atoms with Crippen molar-refractivity contribution in [3.05, 3.63) is 54.1 Å². The fourth-order valence-corrected chi connectivity index (χ4v) is 2.38. The summed E-state index contributed by atoms with van der Waals surface area (Å²) in [6.07, 6.45) is 4.21. The monoisotopic (exact) mass is 241 g/mol. The van der Waals surface area contributed by atoms with Crippen molar-refractivity contribution in [2.24, 2.45) is 0 Å². The molecule has 0 bridgehead atoms. The molecule has 1 aromatic carbocycles. The predicted octanol–water partition coefficient (Wildman–Crippen LogP) is 2.09. The summed E-state index contributed by atoms with van der Waals surface area (Å²) in [5.74, 6) is 0.633. The van der Waals surface area contributed by atoms with Crippen molar-refractivity contribution in [1.82, 2.24) is 15.3 Å². The smallest absolute Gasteiger partial charge is 0.287 e. The maximum absolute atomic E-state index is 11.9. The summed E-state index contributed by atoms with van der Waals surface area (Å²) in [4.78, 5) is 18.7. The molecular weight excluding hydrogens is 226 g/mol. The highest BCUT2D eigenvalue weighted by Gasteiger charge is 2.52. The maximum atomic E-state index is 11.9. The van der Waals surface area contributed by atoms with Gasteiger partial charge in [-0.25, -0.2) is 4.98 Å². The van der Waals surface area contributed by atoms with Gasteiger partial charge in [-0.15, -0.1) is 0 Å². The van der Waals surface area contributed by atoms with E-state index in [1.54, 1.807) is 12.4 Å². The molecule has 1 fully saturated rings. The van der Waals surface area contributed by atoms with Crippen LogP contribution in [0, 0.1) is 0 Å². The van der Waals surface area contributed by atoms with Crippen LogP contribution in [0.5, 0.6) is 0 Å². The van der Waals surface area contributed by atoms with Crippen LogP contribution >= 0.6 is 0 Å². The zero-order valence-electron chi connectivity index (χ0n) is 10.2. The lowest BCUT2D eigenvalue weighted by molar-refractivity contribution is 0.0924. The predicted molar refractivity (Wildman–Crippen MR) is 68.3 cm³/mol. The minimum atomic E-state index is -0.148. The Morgan fingerprint density at radius 1 is 1.44 bits per heavy atom. The van der Waals surface area contributed by atoms with Crippen LogP contribution in [-0.2, 0) is 0 Å². The number of imidazole rings is 1. The molecule has 0 unspecified atom stereocenters. The van der Waals surface area contributed by atoms with Crippen molar-refractivity contribution in [2.45, 2.75) is 24.8 Å². The van der Waals surface area contributed by atoms with Crippen molar-refractivity contribution in [1.29, 1.82) is 0 Å². The topological polar surface area (TPSA) is 57.8 Å². The molecule has 2 N–H and O–H groups in total. The average Bonchev–Trinajstić information content (AvgIpc) is 2.82. The van der Waals surface area contributed by atoms with Crippen LogP contribution in [0.4, 0.5) is 0 Å². The molecule has 0 spiro atoms. The summed E-state index contributed by atoms with van der Waals surface area (Å²) in [6.45, 7) is 2.07. The molecule has 2 aromatic rings. The number of carbonyl (C=O) groups excluding carboxylic acids is 1. The van der Waals surface area contributed by atoms with Gasteiger partial charge >= 0.3 is 0 Å². The first-order valence-corrected chi connectivity index (χ1v) is 6.06. The van der Waals surface area contributed by atoms with Crippen molar-refractivity contribution in [3.63, 3.8) is 0 Å². The second-order valence-corrected chi connectivity index (χ2v) is 4.98. The lowest BCUT2D eigenvalue weighted by Crippen LogP contribution is -2.36. The van der Waals surface area contributed by atoms with Gasteiger partial charge in [0.15, 0.2) is 5.82 Å². The molecule has 3 rings (SSSR count). The normalized spacial score (nSPS) is 25.7. The van der Waals surface area contributed by atoms with Crippen LogP contribution in [0.1, 0.15) is 35.4 Å². The van der Waals surface area contributed by atoms with E-state index in [4.69, 9.17) is 0 Å². The number of hydrogen-bond donors (Lipinski definition) is 2. The number of H-pyrrole nitrogens is 1. The minimum absolute atomic E-state index is 0.138. The van der Waals surface area contributed by atoms with Crippen LogP contribution in [0.15, 0.2) is 42.7 Å². The molecule has 0 radical (unpaired) electrons. The van der Waals surface area contributed by atoms with Gasteiger partial charge in [0.25, 0.3) is 5.91 Å². The van der Waals surface area contributed by atoms with E-state index in [0.717, 1.165) is 6.42 Å². The van der Waals surface area contributed by atoms with E-state index in [-0.39, 0.29) is 11.4 Å². The third kappa shape index (κ3) is 1.90. The molecule has 92 valence electrons. The molecule has 1 saturated carbocycles. The lowest BCUT2D eigenvalue weighted by atomic mass is 10.1. The Hall–Kier alpha value is -2.10. The van der Waals surface area contributed by atoms with Gasteiger partial charge in [0.1, 0.15) is 0 Å². The van der Waals surface area contributed by atoms with Gasteiger partial charge < -0.3 is 10.3 Å². The fraction of sp³-hybridized carbons (Fsp3) is 0.286. The molecule has 1 aliphatic rings. The molecule has 1 amide bonds. The Labute approximate surface area is 105 Å². The molecule has 0 saturated heterocycles. The van der Waals surface area contributed by atoms with Gasteiger partial charge in [-0.2, -0.15) is 0 Å². The number of amides is 1. The molecule has 1 aliphatic carbocycles. The van der Waals surface area contributed by atoms with Crippen LogP contribution in [-0.4, -0.2) is 21.4 Å². The number of aromatic amines is 1. The summed E-state index contributed by atoms with van der Waals surface area (Å²) in [7, 11) is 0. The van der Waals surface area contributed by atoms with Gasteiger partial charge in [-0.05, 0) is 18.9 Å². The summed E-state index contributed by atoms with van der Waals surface area (Å²) in [6, 6.07) is 10.3. The lowest BCUT2D eigenvalue weighted by Gasteiger charge is -2.13. The van der Waals surface area contributed by atoms with E-state index in [0.29, 0.717) is 11.7 Å². The Morgan fingerprint density at radius 3 is 2.89 bits per heavy atom. The largest absolute Gasteiger partial charge is 0.344 e. The highest BCUT2D eigenvalue weighted by atomic mass is 16.2. The first kappa shape index (κ1) is 11.0. The molecule has 4 nitrogen and oxygen atoms in total. The molecular formula is C14H15N3O. The van der Waals surface area contributed by atoms with E-state index >= 15 is 0 Å². The van der Waals surface area contributed by atoms with Crippen molar-refractivity contribution in [2.75, 3.05) is 0 Å². The van der Waals surface area contributed by atoms with Crippen LogP contribution in [0.3, 0.4) is 0 Å². The SMILES string of the molecule is C[C@]1(NC(=O)c2ncc[nH]2)C[C@@H]1c1ccccc1. The average molecular weight is 241 g/mol. The minimum Gasteiger partial charge on any atom is -0.344 e. The number of nitrogens with zero attached hydrogens (tertiary/aromatic N) is 1. The molecule has 4 heteroatoms. The third-order valence-electron chi connectivity index (χ3n) is 3.55. The summed E-state index contributed by atoms with van der Waals surface area (Å²) in [5.41, 5.74) is 1.13. The molecule has 18 heavy (non-hydrogen) atoms. The number of rotatable bonds is 3. The summed E-state index contributed by atoms with van der Waals surface area (Å²) in [5, 5.41) is 3.05. The number of benzene rings is 1. The van der Waals surface area contributed by atoms with Gasteiger partial charge in [-0.1, -0.05) is 30.3 Å². The standard InChI is InChI=1S/C14H15N3O/c1-14(17-13(18)12-15-7-8-16-12)9-11(14)10-5-3-2-4-6-10/h2-8,11H,9H2,1H3,(H,15,16)(H,17,18)/t11-,14+/m1/s1. The zero-order chi connectivity index (χ0) is 12.6. The molecule has 1 aromatic heterocycles. The van der Waals surface area contributed by atoms with E-state index in [1.807, 2.05) is 18.2 Å². The van der Waals surface area contributed by atoms with Crippen LogP contribution < -0.4 is 5.32 Å². The number of nitrogens with one attached hydrogen (secondary N) is 2. The second kappa shape index (κ2) is 3.98. The zero-order valence-corrected chi connectivity index (χ0v) is 10.2. The highest BCUT2D eigenvalue weighted by molar-refractivity contribution is 5.91. The Balaban J connectivity index is 1.70. The third-order valence-corrected chi connectivity index (χ3v) is 3.55. The Bertz CT molecular complexity index is 550. The van der Waals surface area contributed by atoms with Crippen molar-refractivity contribution in [3.8, 4) is 0 Å². The van der Waals surface area contributed by atoms with Crippen molar-refractivity contribution >= 4 is 5.91 Å². The Morgan fingerprint density at radius 2 is 2.22 bits per heavy atom. The highest BCUT2D eigenvalue weighted by Crippen LogP contribution is 2.51. The van der Waals surface area contributed by atoms with Gasteiger partial charge in [-0.3, -0.25) is 4.79 Å². The molecule has 0 aliphatic heterocycles. The number of carbonyl (C=O) groups is 1. The molecule has 2 atom stereocenters. The van der Waals surface area contributed by atoms with Gasteiger partial charge in [0.05, 0.1) is 0 Å². The fourth-order valence-electron chi connectivity index (χ4n) is 2.38. The van der Waals surface area contributed by atoms with E-state index in [9.17, 15) is 4.79 Å². The van der Waals surface area contributed by atoms with E-state index in [2.05, 4.69) is 34.3 Å².